The van der Waals surface area contributed by atoms with E-state index in [1.54, 1.807) is 0 Å². The first-order chi connectivity index (χ1) is 9.49. The molecule has 5 nitrogen and oxygen atoms in total. The highest BCUT2D eigenvalue weighted by atomic mass is 19.4. The molecule has 0 unspecified atom stereocenters. The molecule has 21 heavy (non-hydrogen) atoms. The van der Waals surface area contributed by atoms with Gasteiger partial charge in [0.1, 0.15) is 5.56 Å². The summed E-state index contributed by atoms with van der Waals surface area (Å²) >= 11 is 0. The molecule has 1 rings (SSSR count). The molecule has 11 heteroatoms. The van der Waals surface area contributed by atoms with Crippen LogP contribution < -0.4 is 10.5 Å². The second kappa shape index (κ2) is 5.76. The van der Waals surface area contributed by atoms with Crippen molar-refractivity contribution in [1.82, 2.24) is 4.98 Å². The van der Waals surface area contributed by atoms with E-state index >= 15 is 0 Å². The van der Waals surface area contributed by atoms with E-state index in [2.05, 4.69) is 14.5 Å². The summed E-state index contributed by atoms with van der Waals surface area (Å²) in [6.45, 7) is -0.696. The van der Waals surface area contributed by atoms with Gasteiger partial charge in [0.25, 0.3) is 0 Å². The molecule has 0 radical (unpaired) electrons. The Hall–Kier alpha value is -2.04. The van der Waals surface area contributed by atoms with E-state index in [4.69, 9.17) is 5.73 Å². The van der Waals surface area contributed by atoms with Crippen molar-refractivity contribution in [2.24, 2.45) is 5.73 Å². The number of halogens is 6. The number of nitrogens with two attached hydrogens (primary N) is 1. The fraction of sp³-hybridized carbons (Fsp3) is 0.400. The third kappa shape index (κ3) is 4.21. The molecule has 0 amide bonds. The number of pyridine rings is 1. The number of methoxy groups -OCH3 is 1. The third-order valence-electron chi connectivity index (χ3n) is 2.17. The minimum absolute atomic E-state index is 0.503. The normalized spacial score (nSPS) is 12.2. The summed E-state index contributed by atoms with van der Waals surface area (Å²) in [5.74, 6) is -2.90. The number of carbonyl (C=O) groups is 1. The van der Waals surface area contributed by atoms with E-state index in [9.17, 15) is 31.1 Å². The molecule has 0 aromatic carbocycles. The summed E-state index contributed by atoms with van der Waals surface area (Å²) < 4.78 is 82.1. The van der Waals surface area contributed by atoms with Gasteiger partial charge in [0.15, 0.2) is 5.69 Å². The van der Waals surface area contributed by atoms with Gasteiger partial charge in [-0.15, -0.1) is 13.2 Å². The molecule has 1 heterocycles. The summed E-state index contributed by atoms with van der Waals surface area (Å²) in [5.41, 5.74) is 1.83. The summed E-state index contributed by atoms with van der Waals surface area (Å²) in [7, 11) is 0.833. The van der Waals surface area contributed by atoms with Crippen molar-refractivity contribution in [3.63, 3.8) is 0 Å². The maximum Gasteiger partial charge on any atom is 0.574 e. The third-order valence-corrected chi connectivity index (χ3v) is 2.17. The number of alkyl halides is 6. The van der Waals surface area contributed by atoms with Gasteiger partial charge in [-0.1, -0.05) is 0 Å². The molecule has 0 saturated carbocycles. The zero-order valence-electron chi connectivity index (χ0n) is 10.3. The van der Waals surface area contributed by atoms with Gasteiger partial charge in [-0.3, -0.25) is 0 Å². The highest BCUT2D eigenvalue weighted by Gasteiger charge is 2.40. The standard InChI is InChI=1S/C10H8F6N2O3/c1-20-8(19)5-2-4(3-17)6(9(11,12)13)18-7(5)21-10(14,15)16/h2H,3,17H2,1H3. The fourth-order valence-electron chi connectivity index (χ4n) is 1.38. The predicted molar refractivity (Wildman–Crippen MR) is 55.2 cm³/mol. The smallest absolute Gasteiger partial charge is 0.465 e. The largest absolute Gasteiger partial charge is 0.574 e. The summed E-state index contributed by atoms with van der Waals surface area (Å²) in [6, 6.07) is 0.503. The molecule has 0 aliphatic carbocycles. The van der Waals surface area contributed by atoms with Crippen molar-refractivity contribution < 1.29 is 40.6 Å². The first-order valence-corrected chi connectivity index (χ1v) is 5.15. The Bertz CT molecular complexity index is 541. The highest BCUT2D eigenvalue weighted by molar-refractivity contribution is 5.92. The number of rotatable bonds is 3. The Morgan fingerprint density at radius 3 is 2.24 bits per heavy atom. The fourth-order valence-corrected chi connectivity index (χ4v) is 1.38. The van der Waals surface area contributed by atoms with Crippen molar-refractivity contribution >= 4 is 5.97 Å². The number of nitrogens with zero attached hydrogens (tertiary/aromatic N) is 1. The molecule has 0 aliphatic rings. The van der Waals surface area contributed by atoms with Gasteiger partial charge in [-0.2, -0.15) is 13.2 Å². The molecule has 1 aromatic rings. The number of aromatic nitrogens is 1. The predicted octanol–water partition coefficient (Wildman–Crippen LogP) is 2.24. The van der Waals surface area contributed by atoms with Crippen LogP contribution in [0, 0.1) is 0 Å². The van der Waals surface area contributed by atoms with Gasteiger partial charge in [0.2, 0.25) is 5.88 Å². The molecule has 1 aromatic heterocycles. The first kappa shape index (κ1) is 17.0. The molecule has 118 valence electrons. The highest BCUT2D eigenvalue weighted by Crippen LogP contribution is 2.35. The Morgan fingerprint density at radius 1 is 1.29 bits per heavy atom. The van der Waals surface area contributed by atoms with E-state index in [0.717, 1.165) is 7.11 Å². The Kier molecular flexibility index (Phi) is 4.66. The lowest BCUT2D eigenvalue weighted by Crippen LogP contribution is -2.23. The van der Waals surface area contributed by atoms with E-state index in [1.165, 1.54) is 0 Å². The molecule has 0 saturated heterocycles. The number of hydrogen-bond acceptors (Lipinski definition) is 5. The van der Waals surface area contributed by atoms with Crippen LogP contribution in [0.15, 0.2) is 6.07 Å². The van der Waals surface area contributed by atoms with E-state index in [1.807, 2.05) is 0 Å². The molecule has 0 aliphatic heterocycles. The zero-order chi connectivity index (χ0) is 16.4. The maximum atomic E-state index is 12.7. The molecule has 2 N–H and O–H groups in total. The van der Waals surface area contributed by atoms with Crippen LogP contribution in [0.4, 0.5) is 26.3 Å². The average molecular weight is 318 g/mol. The minimum atomic E-state index is -5.33. The number of esters is 1. The number of ether oxygens (including phenoxy) is 2. The van der Waals surface area contributed by atoms with E-state index in [0.29, 0.717) is 6.07 Å². The lowest BCUT2D eigenvalue weighted by molar-refractivity contribution is -0.276. The molecule has 0 spiro atoms. The van der Waals surface area contributed by atoms with Gasteiger partial charge < -0.3 is 15.2 Å². The first-order valence-electron chi connectivity index (χ1n) is 5.15. The maximum absolute atomic E-state index is 12.7. The van der Waals surface area contributed by atoms with Crippen molar-refractivity contribution in [3.8, 4) is 5.88 Å². The van der Waals surface area contributed by atoms with Crippen molar-refractivity contribution in [1.29, 1.82) is 0 Å². The average Bonchev–Trinajstić information content (AvgIpc) is 2.34. The lowest BCUT2D eigenvalue weighted by atomic mass is 10.1. The second-order valence-electron chi connectivity index (χ2n) is 3.59. The lowest BCUT2D eigenvalue weighted by Gasteiger charge is -2.16. The summed E-state index contributed by atoms with van der Waals surface area (Å²) in [4.78, 5) is 14.0. The van der Waals surface area contributed by atoms with Gasteiger partial charge in [-0.05, 0) is 11.6 Å². The van der Waals surface area contributed by atoms with Crippen LogP contribution in [0.2, 0.25) is 0 Å². The molecule has 0 atom stereocenters. The quantitative estimate of drug-likeness (QED) is 0.683. The van der Waals surface area contributed by atoms with Gasteiger partial charge in [-0.25, -0.2) is 9.78 Å². The summed E-state index contributed by atoms with van der Waals surface area (Å²) in [6.07, 6.45) is -10.4. The van der Waals surface area contributed by atoms with Crippen LogP contribution in [0.3, 0.4) is 0 Å². The van der Waals surface area contributed by atoms with E-state index in [-0.39, 0.29) is 0 Å². The zero-order valence-corrected chi connectivity index (χ0v) is 10.3. The van der Waals surface area contributed by atoms with Crippen LogP contribution >= 0.6 is 0 Å². The summed E-state index contributed by atoms with van der Waals surface area (Å²) in [5, 5.41) is 0. The topological polar surface area (TPSA) is 74.4 Å². The Labute approximate surface area is 113 Å². The van der Waals surface area contributed by atoms with Gasteiger partial charge >= 0.3 is 18.5 Å². The Balaban J connectivity index is 3.53. The van der Waals surface area contributed by atoms with Gasteiger partial charge in [0.05, 0.1) is 7.11 Å². The van der Waals surface area contributed by atoms with Crippen LogP contribution in [-0.4, -0.2) is 24.4 Å². The van der Waals surface area contributed by atoms with Crippen LogP contribution in [-0.2, 0) is 17.5 Å². The second-order valence-corrected chi connectivity index (χ2v) is 3.59. The molecular formula is C10H8F6N2O3. The number of hydrogen-bond donors (Lipinski definition) is 1. The molecular weight excluding hydrogens is 310 g/mol. The van der Waals surface area contributed by atoms with Crippen molar-refractivity contribution in [2.75, 3.05) is 7.11 Å². The Morgan fingerprint density at radius 2 is 1.86 bits per heavy atom. The minimum Gasteiger partial charge on any atom is -0.465 e. The van der Waals surface area contributed by atoms with E-state index < -0.39 is 47.8 Å². The monoisotopic (exact) mass is 318 g/mol. The van der Waals surface area contributed by atoms with Crippen LogP contribution in [0.25, 0.3) is 0 Å². The molecule has 0 bridgehead atoms. The molecule has 0 fully saturated rings. The van der Waals surface area contributed by atoms with Crippen LogP contribution in [0.5, 0.6) is 5.88 Å². The van der Waals surface area contributed by atoms with Gasteiger partial charge in [0, 0.05) is 6.54 Å². The SMILES string of the molecule is COC(=O)c1cc(CN)c(C(F)(F)F)nc1OC(F)(F)F. The van der Waals surface area contributed by atoms with Crippen LogP contribution in [0.1, 0.15) is 21.6 Å². The van der Waals surface area contributed by atoms with Crippen molar-refractivity contribution in [3.05, 3.63) is 22.9 Å². The number of carbonyl (C=O) groups excluding carboxylic acids is 1. The van der Waals surface area contributed by atoms with Crippen molar-refractivity contribution in [2.45, 2.75) is 19.1 Å².